The number of carbonyl (C=O) groups is 1. The third kappa shape index (κ3) is 3.77. The second-order valence-corrected chi connectivity index (χ2v) is 8.11. The van der Waals surface area contributed by atoms with E-state index in [-0.39, 0.29) is 11.5 Å². The van der Waals surface area contributed by atoms with Crippen LogP contribution in [0.2, 0.25) is 5.02 Å². The van der Waals surface area contributed by atoms with E-state index in [1.165, 1.54) is 4.68 Å². The van der Waals surface area contributed by atoms with E-state index in [9.17, 15) is 9.59 Å². The first-order chi connectivity index (χ1) is 14.5. The van der Waals surface area contributed by atoms with E-state index < -0.39 is 6.04 Å². The van der Waals surface area contributed by atoms with Crippen molar-refractivity contribution >= 4 is 23.2 Å². The Kier molecular flexibility index (Phi) is 5.73. The smallest absolute Gasteiger partial charge is 0.271 e. The van der Waals surface area contributed by atoms with Gasteiger partial charge in [-0.15, -0.1) is 0 Å². The SMILES string of the molecule is Cc1c(Cl)cccc1NC(=O)C(C)n1nc(-c2ccccc2)c2c(c1=O)CCCC2. The van der Waals surface area contributed by atoms with Crippen molar-refractivity contribution in [2.45, 2.75) is 45.6 Å². The summed E-state index contributed by atoms with van der Waals surface area (Å²) in [6.07, 6.45) is 3.58. The van der Waals surface area contributed by atoms with Crippen molar-refractivity contribution in [3.63, 3.8) is 0 Å². The van der Waals surface area contributed by atoms with Gasteiger partial charge in [-0.2, -0.15) is 5.10 Å². The number of halogens is 1. The first-order valence-electron chi connectivity index (χ1n) is 10.2. The predicted molar refractivity (Wildman–Crippen MR) is 120 cm³/mol. The van der Waals surface area contributed by atoms with Gasteiger partial charge in [0, 0.05) is 21.8 Å². The Balaban J connectivity index is 1.75. The molecule has 1 amide bonds. The highest BCUT2D eigenvalue weighted by Crippen LogP contribution is 2.29. The van der Waals surface area contributed by atoms with Crippen molar-refractivity contribution in [3.8, 4) is 11.3 Å². The fraction of sp³-hybridized carbons (Fsp3) is 0.292. The Morgan fingerprint density at radius 1 is 1.07 bits per heavy atom. The first-order valence-corrected chi connectivity index (χ1v) is 10.6. The third-order valence-corrected chi connectivity index (χ3v) is 6.16. The number of aromatic nitrogens is 2. The normalized spacial score (nSPS) is 14.1. The van der Waals surface area contributed by atoms with E-state index in [1.807, 2.05) is 37.3 Å². The van der Waals surface area contributed by atoms with Crippen LogP contribution in [-0.2, 0) is 17.6 Å². The van der Waals surface area contributed by atoms with Crippen LogP contribution < -0.4 is 10.9 Å². The fourth-order valence-electron chi connectivity index (χ4n) is 3.94. The molecule has 5 nitrogen and oxygen atoms in total. The maximum Gasteiger partial charge on any atom is 0.271 e. The lowest BCUT2D eigenvalue weighted by Crippen LogP contribution is -2.37. The molecule has 3 aromatic rings. The molecule has 4 rings (SSSR count). The van der Waals surface area contributed by atoms with Gasteiger partial charge in [0.05, 0.1) is 5.69 Å². The lowest BCUT2D eigenvalue weighted by atomic mass is 9.89. The number of nitrogens with one attached hydrogen (secondary N) is 1. The minimum absolute atomic E-state index is 0.171. The van der Waals surface area contributed by atoms with E-state index in [4.69, 9.17) is 11.6 Å². The molecule has 1 aliphatic rings. The number of hydrogen-bond acceptors (Lipinski definition) is 3. The van der Waals surface area contributed by atoms with Gasteiger partial charge in [0.1, 0.15) is 6.04 Å². The number of nitrogens with zero attached hydrogens (tertiary/aromatic N) is 2. The number of carbonyl (C=O) groups excluding carboxylic acids is 1. The highest BCUT2D eigenvalue weighted by molar-refractivity contribution is 6.31. The molecule has 30 heavy (non-hydrogen) atoms. The van der Waals surface area contributed by atoms with Crippen LogP contribution in [0.1, 0.15) is 42.5 Å². The Labute approximate surface area is 180 Å². The summed E-state index contributed by atoms with van der Waals surface area (Å²) in [5.41, 5.74) is 4.81. The molecule has 1 unspecified atom stereocenters. The summed E-state index contributed by atoms with van der Waals surface area (Å²) >= 11 is 6.17. The summed E-state index contributed by atoms with van der Waals surface area (Å²) < 4.78 is 1.34. The van der Waals surface area contributed by atoms with Gasteiger partial charge in [-0.3, -0.25) is 9.59 Å². The summed E-state index contributed by atoms with van der Waals surface area (Å²) in [7, 11) is 0. The van der Waals surface area contributed by atoms with Gasteiger partial charge in [-0.25, -0.2) is 4.68 Å². The highest BCUT2D eigenvalue weighted by Gasteiger charge is 2.25. The predicted octanol–water partition coefficient (Wildman–Crippen LogP) is 4.95. The molecular formula is C24H24ClN3O2. The van der Waals surface area contributed by atoms with Gasteiger partial charge < -0.3 is 5.32 Å². The minimum atomic E-state index is -0.759. The molecule has 1 atom stereocenters. The molecule has 0 saturated carbocycles. The van der Waals surface area contributed by atoms with E-state index >= 15 is 0 Å². The molecule has 2 aromatic carbocycles. The number of benzene rings is 2. The van der Waals surface area contributed by atoms with Crippen molar-refractivity contribution in [1.29, 1.82) is 0 Å². The quantitative estimate of drug-likeness (QED) is 0.648. The van der Waals surface area contributed by atoms with E-state index in [1.54, 1.807) is 25.1 Å². The van der Waals surface area contributed by atoms with E-state index in [0.717, 1.165) is 53.6 Å². The van der Waals surface area contributed by atoms with Crippen LogP contribution in [0, 0.1) is 6.92 Å². The lowest BCUT2D eigenvalue weighted by molar-refractivity contribution is -0.119. The molecule has 0 bridgehead atoms. The molecule has 6 heteroatoms. The van der Waals surface area contributed by atoms with E-state index in [0.29, 0.717) is 10.7 Å². The Morgan fingerprint density at radius 3 is 2.50 bits per heavy atom. The standard InChI is InChI=1S/C24H24ClN3O2/c1-15-20(25)13-8-14-21(15)26-23(29)16(2)28-24(30)19-12-7-6-11-18(19)22(27-28)17-9-4-3-5-10-17/h3-5,8-10,13-14,16H,6-7,11-12H2,1-2H3,(H,26,29). The second kappa shape index (κ2) is 8.44. The average Bonchev–Trinajstić information content (AvgIpc) is 2.77. The Morgan fingerprint density at radius 2 is 1.77 bits per heavy atom. The van der Waals surface area contributed by atoms with Crippen molar-refractivity contribution in [2.75, 3.05) is 5.32 Å². The van der Waals surface area contributed by atoms with Gasteiger partial charge in [-0.1, -0.05) is 48.0 Å². The summed E-state index contributed by atoms with van der Waals surface area (Å²) in [5, 5.41) is 8.15. The Bertz CT molecular complexity index is 1160. The van der Waals surface area contributed by atoms with Crippen molar-refractivity contribution < 1.29 is 4.79 Å². The molecule has 0 spiro atoms. The zero-order valence-electron chi connectivity index (χ0n) is 17.1. The first kappa shape index (κ1) is 20.4. The monoisotopic (exact) mass is 421 g/mol. The van der Waals surface area contributed by atoms with E-state index in [2.05, 4.69) is 10.4 Å². The number of hydrogen-bond donors (Lipinski definition) is 1. The number of anilines is 1. The van der Waals surface area contributed by atoms with Gasteiger partial charge in [0.25, 0.3) is 5.56 Å². The molecule has 0 saturated heterocycles. The van der Waals surface area contributed by atoms with Crippen LogP contribution in [0.15, 0.2) is 53.3 Å². The van der Waals surface area contributed by atoms with Crippen LogP contribution in [0.3, 0.4) is 0 Å². The van der Waals surface area contributed by atoms with Gasteiger partial charge >= 0.3 is 0 Å². The van der Waals surface area contributed by atoms with Crippen LogP contribution in [-0.4, -0.2) is 15.7 Å². The second-order valence-electron chi connectivity index (χ2n) is 7.71. The summed E-state index contributed by atoms with van der Waals surface area (Å²) in [5.74, 6) is -0.301. The van der Waals surface area contributed by atoms with Crippen LogP contribution in [0.25, 0.3) is 11.3 Å². The maximum absolute atomic E-state index is 13.2. The average molecular weight is 422 g/mol. The highest BCUT2D eigenvalue weighted by atomic mass is 35.5. The molecule has 154 valence electrons. The molecule has 1 aromatic heterocycles. The zero-order valence-corrected chi connectivity index (χ0v) is 17.9. The molecule has 0 aliphatic heterocycles. The van der Waals surface area contributed by atoms with Gasteiger partial charge in [0.2, 0.25) is 5.91 Å². The van der Waals surface area contributed by atoms with Crippen LogP contribution >= 0.6 is 11.6 Å². The summed E-state index contributed by atoms with van der Waals surface area (Å²) in [6, 6.07) is 14.5. The van der Waals surface area contributed by atoms with Crippen molar-refractivity contribution in [3.05, 3.63) is 80.6 Å². The molecule has 1 aliphatic carbocycles. The number of fused-ring (bicyclic) bond motifs is 1. The molecule has 0 fully saturated rings. The van der Waals surface area contributed by atoms with Gasteiger partial charge in [-0.05, 0) is 62.8 Å². The topological polar surface area (TPSA) is 64.0 Å². The number of amides is 1. The molecular weight excluding hydrogens is 398 g/mol. The van der Waals surface area contributed by atoms with Gasteiger partial charge in [0.15, 0.2) is 0 Å². The maximum atomic E-state index is 13.2. The fourth-order valence-corrected chi connectivity index (χ4v) is 4.11. The summed E-state index contributed by atoms with van der Waals surface area (Å²) in [6.45, 7) is 3.55. The number of rotatable bonds is 4. The zero-order chi connectivity index (χ0) is 21.3. The molecule has 0 radical (unpaired) electrons. The van der Waals surface area contributed by atoms with Crippen LogP contribution in [0.5, 0.6) is 0 Å². The van der Waals surface area contributed by atoms with Crippen LogP contribution in [0.4, 0.5) is 5.69 Å². The lowest BCUT2D eigenvalue weighted by Gasteiger charge is -2.23. The molecule has 1 heterocycles. The molecule has 1 N–H and O–H groups in total. The third-order valence-electron chi connectivity index (χ3n) is 5.75. The largest absolute Gasteiger partial charge is 0.324 e. The summed E-state index contributed by atoms with van der Waals surface area (Å²) in [4.78, 5) is 26.2. The minimum Gasteiger partial charge on any atom is -0.324 e. The van der Waals surface area contributed by atoms with Crippen molar-refractivity contribution in [2.24, 2.45) is 0 Å². The van der Waals surface area contributed by atoms with Crippen molar-refractivity contribution in [1.82, 2.24) is 9.78 Å². The Hall–Kier alpha value is -2.92.